The van der Waals surface area contributed by atoms with Gasteiger partial charge in [0.25, 0.3) is 5.69 Å². The van der Waals surface area contributed by atoms with E-state index in [9.17, 15) is 10.1 Å². The van der Waals surface area contributed by atoms with Crippen molar-refractivity contribution in [2.24, 2.45) is 0 Å². The second kappa shape index (κ2) is 7.46. The Balaban J connectivity index is 3.00. The molecule has 6 heteroatoms. The molecule has 0 unspecified atom stereocenters. The van der Waals surface area contributed by atoms with Gasteiger partial charge < -0.3 is 5.32 Å². The maximum absolute atomic E-state index is 10.9. The number of nitro groups is 1. The zero-order valence-electron chi connectivity index (χ0n) is 12.1. The van der Waals surface area contributed by atoms with Gasteiger partial charge in [0.2, 0.25) is 0 Å². The molecule has 0 saturated carbocycles. The molecule has 0 radical (unpaired) electrons. The molecule has 1 rings (SSSR count). The molecule has 0 aromatic heterocycles. The van der Waals surface area contributed by atoms with Crippen molar-refractivity contribution < 1.29 is 4.92 Å². The fraction of sp³-hybridized carbons (Fsp3) is 0.500. The third-order valence-electron chi connectivity index (χ3n) is 3.18. The van der Waals surface area contributed by atoms with Crippen molar-refractivity contribution in [3.63, 3.8) is 0 Å². The molecule has 20 heavy (non-hydrogen) atoms. The molecule has 0 aliphatic heterocycles. The number of nitro benzene ring substituents is 1. The molecular formula is C14H20N4O2. The zero-order valence-corrected chi connectivity index (χ0v) is 12.1. The van der Waals surface area contributed by atoms with Gasteiger partial charge >= 0.3 is 0 Å². The minimum Gasteiger partial charge on any atom is -0.388 e. The highest BCUT2D eigenvalue weighted by molar-refractivity contribution is 5.55. The lowest BCUT2D eigenvalue weighted by Crippen LogP contribution is -2.31. The van der Waals surface area contributed by atoms with Crippen molar-refractivity contribution in [1.29, 1.82) is 5.26 Å². The van der Waals surface area contributed by atoms with Crippen LogP contribution >= 0.6 is 0 Å². The summed E-state index contributed by atoms with van der Waals surface area (Å²) in [5, 5.41) is 22.6. The summed E-state index contributed by atoms with van der Waals surface area (Å²) < 4.78 is 0. The fourth-order valence-electron chi connectivity index (χ4n) is 2.00. The van der Waals surface area contributed by atoms with Crippen LogP contribution in [-0.2, 0) is 6.54 Å². The van der Waals surface area contributed by atoms with E-state index in [4.69, 9.17) is 5.26 Å². The quantitative estimate of drug-likeness (QED) is 0.611. The first-order valence-corrected chi connectivity index (χ1v) is 6.55. The van der Waals surface area contributed by atoms with Gasteiger partial charge in [0, 0.05) is 50.4 Å². The number of nitrogens with one attached hydrogen (secondary N) is 1. The Hall–Kier alpha value is -2.13. The lowest BCUT2D eigenvalue weighted by Gasteiger charge is -2.26. The standard InChI is InChI=1S/C14H20N4O2/c1-11(2)17(8-4-7-15)10-12-9-13(18(19)20)5-6-14(12)16-3/h5-6,9,11,16H,4,8,10H2,1-3H3. The fourth-order valence-corrected chi connectivity index (χ4v) is 2.00. The molecule has 1 aromatic carbocycles. The molecule has 0 aliphatic rings. The van der Waals surface area contributed by atoms with Gasteiger partial charge in [0.05, 0.1) is 11.0 Å². The molecule has 1 N–H and O–H groups in total. The van der Waals surface area contributed by atoms with Gasteiger partial charge in [-0.3, -0.25) is 15.0 Å². The first-order chi connectivity index (χ1) is 9.49. The van der Waals surface area contributed by atoms with E-state index in [2.05, 4.69) is 16.3 Å². The highest BCUT2D eigenvalue weighted by Gasteiger charge is 2.15. The Kier molecular flexibility index (Phi) is 5.94. The molecule has 0 heterocycles. The minimum absolute atomic E-state index is 0.0861. The predicted molar refractivity (Wildman–Crippen MR) is 78.4 cm³/mol. The molecule has 6 nitrogen and oxygen atoms in total. The third-order valence-corrected chi connectivity index (χ3v) is 3.18. The lowest BCUT2D eigenvalue weighted by atomic mass is 10.1. The molecule has 0 aliphatic carbocycles. The third kappa shape index (κ3) is 4.21. The largest absolute Gasteiger partial charge is 0.388 e. The number of nitrogens with zero attached hydrogens (tertiary/aromatic N) is 3. The summed E-state index contributed by atoms with van der Waals surface area (Å²) in [4.78, 5) is 12.6. The molecule has 0 fully saturated rings. The van der Waals surface area contributed by atoms with Crippen LogP contribution in [-0.4, -0.2) is 29.5 Å². The average molecular weight is 276 g/mol. The van der Waals surface area contributed by atoms with Gasteiger partial charge in [-0.1, -0.05) is 0 Å². The number of rotatable bonds is 7. The van der Waals surface area contributed by atoms with Crippen LogP contribution in [0.5, 0.6) is 0 Å². The number of hydrogen-bond donors (Lipinski definition) is 1. The summed E-state index contributed by atoms with van der Waals surface area (Å²) in [6, 6.07) is 7.20. The summed E-state index contributed by atoms with van der Waals surface area (Å²) in [5.74, 6) is 0. The second-order valence-corrected chi connectivity index (χ2v) is 4.82. The summed E-state index contributed by atoms with van der Waals surface area (Å²) in [5.41, 5.74) is 1.83. The molecule has 108 valence electrons. The van der Waals surface area contributed by atoms with E-state index < -0.39 is 4.92 Å². The van der Waals surface area contributed by atoms with Crippen LogP contribution in [0.1, 0.15) is 25.8 Å². The summed E-state index contributed by atoms with van der Waals surface area (Å²) in [6.45, 7) is 5.33. The first-order valence-electron chi connectivity index (χ1n) is 6.55. The van der Waals surface area contributed by atoms with Gasteiger partial charge in [0.1, 0.15) is 0 Å². The number of benzene rings is 1. The average Bonchev–Trinajstić information content (AvgIpc) is 2.42. The van der Waals surface area contributed by atoms with Crippen molar-refractivity contribution in [2.75, 3.05) is 18.9 Å². The van der Waals surface area contributed by atoms with E-state index in [1.54, 1.807) is 19.2 Å². The van der Waals surface area contributed by atoms with Crippen molar-refractivity contribution in [3.05, 3.63) is 33.9 Å². The maximum atomic E-state index is 10.9. The van der Waals surface area contributed by atoms with Gasteiger partial charge in [-0.25, -0.2) is 0 Å². The SMILES string of the molecule is CNc1ccc([N+](=O)[O-])cc1CN(CCC#N)C(C)C. The van der Waals surface area contributed by atoms with Gasteiger partial charge in [0.15, 0.2) is 0 Å². The highest BCUT2D eigenvalue weighted by Crippen LogP contribution is 2.24. The summed E-state index contributed by atoms with van der Waals surface area (Å²) in [6.07, 6.45) is 0.446. The maximum Gasteiger partial charge on any atom is 0.269 e. The van der Waals surface area contributed by atoms with Crippen molar-refractivity contribution in [2.45, 2.75) is 32.9 Å². The number of hydrogen-bond acceptors (Lipinski definition) is 5. The Labute approximate surface area is 119 Å². The molecular weight excluding hydrogens is 256 g/mol. The Morgan fingerprint density at radius 2 is 2.20 bits per heavy atom. The van der Waals surface area contributed by atoms with Crippen LogP contribution in [0.4, 0.5) is 11.4 Å². The van der Waals surface area contributed by atoms with Crippen LogP contribution in [0.2, 0.25) is 0 Å². The van der Waals surface area contributed by atoms with E-state index in [1.807, 2.05) is 13.8 Å². The summed E-state index contributed by atoms with van der Waals surface area (Å²) in [7, 11) is 1.79. The summed E-state index contributed by atoms with van der Waals surface area (Å²) >= 11 is 0. The van der Waals surface area contributed by atoms with Gasteiger partial charge in [-0.05, 0) is 25.5 Å². The first kappa shape index (κ1) is 15.9. The van der Waals surface area contributed by atoms with Crippen LogP contribution in [0.3, 0.4) is 0 Å². The van der Waals surface area contributed by atoms with E-state index in [0.29, 0.717) is 19.5 Å². The Bertz CT molecular complexity index is 508. The normalized spacial score (nSPS) is 10.6. The van der Waals surface area contributed by atoms with Crippen molar-refractivity contribution in [3.8, 4) is 6.07 Å². The molecule has 0 saturated heterocycles. The molecule has 1 aromatic rings. The smallest absolute Gasteiger partial charge is 0.269 e. The minimum atomic E-state index is -0.391. The Morgan fingerprint density at radius 1 is 1.50 bits per heavy atom. The highest BCUT2D eigenvalue weighted by atomic mass is 16.6. The van der Waals surface area contributed by atoms with Crippen LogP contribution in [0.25, 0.3) is 0 Å². The van der Waals surface area contributed by atoms with Crippen molar-refractivity contribution in [1.82, 2.24) is 4.90 Å². The van der Waals surface area contributed by atoms with Crippen LogP contribution in [0, 0.1) is 21.4 Å². The van der Waals surface area contributed by atoms with Gasteiger partial charge in [-0.2, -0.15) is 5.26 Å². The van der Waals surface area contributed by atoms with Crippen LogP contribution < -0.4 is 5.32 Å². The topological polar surface area (TPSA) is 82.2 Å². The number of nitriles is 1. The van der Waals surface area contributed by atoms with E-state index in [0.717, 1.165) is 11.3 Å². The van der Waals surface area contributed by atoms with E-state index in [1.165, 1.54) is 6.07 Å². The second-order valence-electron chi connectivity index (χ2n) is 4.82. The van der Waals surface area contributed by atoms with E-state index in [-0.39, 0.29) is 11.7 Å². The van der Waals surface area contributed by atoms with Crippen molar-refractivity contribution >= 4 is 11.4 Å². The van der Waals surface area contributed by atoms with E-state index >= 15 is 0 Å². The lowest BCUT2D eigenvalue weighted by molar-refractivity contribution is -0.384. The molecule has 0 atom stereocenters. The number of anilines is 1. The zero-order chi connectivity index (χ0) is 15.1. The molecule has 0 bridgehead atoms. The number of non-ortho nitro benzene ring substituents is 1. The monoisotopic (exact) mass is 276 g/mol. The molecule has 0 amide bonds. The predicted octanol–water partition coefficient (Wildman–Crippen LogP) is 2.76. The Morgan fingerprint density at radius 3 is 2.70 bits per heavy atom. The van der Waals surface area contributed by atoms with Gasteiger partial charge in [-0.15, -0.1) is 0 Å². The van der Waals surface area contributed by atoms with Crippen LogP contribution in [0.15, 0.2) is 18.2 Å². The molecule has 0 spiro atoms.